The van der Waals surface area contributed by atoms with Gasteiger partial charge in [0.05, 0.1) is 56.1 Å². The molecule has 9 heteroatoms. The van der Waals surface area contributed by atoms with E-state index < -0.39 is 6.09 Å². The maximum absolute atomic E-state index is 13.3. The van der Waals surface area contributed by atoms with E-state index in [1.54, 1.807) is 11.1 Å². The first-order chi connectivity index (χ1) is 15.9. The summed E-state index contributed by atoms with van der Waals surface area (Å²) >= 11 is 0. The van der Waals surface area contributed by atoms with Crippen LogP contribution in [0.5, 0.6) is 0 Å². The molecular weight excluding hydrogens is 424 g/mol. The Morgan fingerprint density at radius 1 is 1.18 bits per heavy atom. The van der Waals surface area contributed by atoms with Crippen molar-refractivity contribution in [3.05, 3.63) is 30.6 Å². The molecule has 2 fully saturated rings. The van der Waals surface area contributed by atoms with Gasteiger partial charge in [-0.05, 0) is 37.5 Å². The zero-order chi connectivity index (χ0) is 23.2. The SMILES string of the molecule is CCC1(CCC(=O)N2c3ccc(-c4cnn(C5COC5)c4)cc3N(C(=O)O)C[C@@H]2C)COC1. The lowest BCUT2D eigenvalue weighted by atomic mass is 9.79. The molecule has 0 radical (unpaired) electrons. The highest BCUT2D eigenvalue weighted by Gasteiger charge is 2.39. The van der Waals surface area contributed by atoms with Gasteiger partial charge in [0.15, 0.2) is 0 Å². The Hall–Kier alpha value is -2.91. The molecule has 0 spiro atoms. The Balaban J connectivity index is 1.43. The molecule has 3 aliphatic rings. The van der Waals surface area contributed by atoms with E-state index >= 15 is 0 Å². The van der Waals surface area contributed by atoms with Crippen molar-refractivity contribution in [2.45, 2.75) is 45.2 Å². The molecule has 2 aromatic rings. The van der Waals surface area contributed by atoms with Crippen molar-refractivity contribution in [1.82, 2.24) is 9.78 Å². The largest absolute Gasteiger partial charge is 0.465 e. The Bertz CT molecular complexity index is 1050. The summed E-state index contributed by atoms with van der Waals surface area (Å²) in [6.45, 7) is 6.99. The van der Waals surface area contributed by atoms with Crippen LogP contribution in [0.25, 0.3) is 11.1 Å². The minimum atomic E-state index is -1.02. The Morgan fingerprint density at radius 2 is 1.97 bits per heavy atom. The van der Waals surface area contributed by atoms with Crippen LogP contribution in [0.4, 0.5) is 16.2 Å². The number of anilines is 2. The Kier molecular flexibility index (Phi) is 5.62. The molecule has 0 saturated carbocycles. The van der Waals surface area contributed by atoms with Gasteiger partial charge in [-0.1, -0.05) is 13.0 Å². The van der Waals surface area contributed by atoms with Gasteiger partial charge in [-0.25, -0.2) is 4.79 Å². The number of carbonyl (C=O) groups excluding carboxylic acids is 1. The van der Waals surface area contributed by atoms with Crippen molar-refractivity contribution in [3.63, 3.8) is 0 Å². The summed E-state index contributed by atoms with van der Waals surface area (Å²) in [5.74, 6) is 0.0269. The third-order valence-electron chi connectivity index (χ3n) is 7.28. The van der Waals surface area contributed by atoms with Crippen molar-refractivity contribution in [3.8, 4) is 11.1 Å². The number of hydrogen-bond acceptors (Lipinski definition) is 5. The van der Waals surface area contributed by atoms with E-state index in [-0.39, 0.29) is 30.0 Å². The molecule has 0 unspecified atom stereocenters. The van der Waals surface area contributed by atoms with Gasteiger partial charge in [0.1, 0.15) is 0 Å². The third-order valence-corrected chi connectivity index (χ3v) is 7.28. The molecule has 3 aliphatic heterocycles. The summed E-state index contributed by atoms with van der Waals surface area (Å²) in [6.07, 6.45) is 4.91. The van der Waals surface area contributed by atoms with Crippen molar-refractivity contribution >= 4 is 23.4 Å². The number of carboxylic acid groups (broad SMARTS) is 1. The summed E-state index contributed by atoms with van der Waals surface area (Å²) in [5, 5.41) is 14.3. The number of ether oxygens (including phenoxy) is 2. The molecule has 5 rings (SSSR count). The standard InChI is InChI=1S/C24H30N4O5/c1-3-24(14-33-15-24)7-6-22(29)28-16(2)10-26(23(30)31)21-8-17(4-5-20(21)28)18-9-25-27(11-18)19-12-32-13-19/h4-5,8-9,11,16,19H,3,6-7,10,12-15H2,1-2H3,(H,30,31)/t16-/m0/s1. The van der Waals surface area contributed by atoms with Gasteiger partial charge >= 0.3 is 6.09 Å². The smallest absolute Gasteiger partial charge is 0.411 e. The molecule has 0 aliphatic carbocycles. The molecule has 0 bridgehead atoms. The zero-order valence-corrected chi connectivity index (χ0v) is 19.1. The first kappa shape index (κ1) is 21.9. The van der Waals surface area contributed by atoms with E-state index in [9.17, 15) is 14.7 Å². The van der Waals surface area contributed by atoms with Crippen molar-refractivity contribution in [1.29, 1.82) is 0 Å². The van der Waals surface area contributed by atoms with Crippen LogP contribution in [0, 0.1) is 5.41 Å². The van der Waals surface area contributed by atoms with Crippen molar-refractivity contribution in [2.75, 3.05) is 42.8 Å². The van der Waals surface area contributed by atoms with Crippen LogP contribution in [0.15, 0.2) is 30.6 Å². The highest BCUT2D eigenvalue weighted by molar-refractivity contribution is 6.03. The molecule has 2 saturated heterocycles. The second-order valence-corrected chi connectivity index (χ2v) is 9.46. The Morgan fingerprint density at radius 3 is 2.58 bits per heavy atom. The molecule has 1 atom stereocenters. The topological polar surface area (TPSA) is 97.1 Å². The van der Waals surface area contributed by atoms with E-state index in [0.29, 0.717) is 44.2 Å². The molecule has 33 heavy (non-hydrogen) atoms. The average Bonchev–Trinajstić information content (AvgIpc) is 3.20. The van der Waals surface area contributed by atoms with Crippen LogP contribution in [0.1, 0.15) is 39.2 Å². The van der Waals surface area contributed by atoms with Gasteiger partial charge in [0.25, 0.3) is 0 Å². The monoisotopic (exact) mass is 454 g/mol. The van der Waals surface area contributed by atoms with E-state index in [4.69, 9.17) is 9.47 Å². The van der Waals surface area contributed by atoms with E-state index in [2.05, 4.69) is 12.0 Å². The maximum atomic E-state index is 13.3. The van der Waals surface area contributed by atoms with Gasteiger partial charge < -0.3 is 19.5 Å². The van der Waals surface area contributed by atoms with Crippen LogP contribution < -0.4 is 9.80 Å². The van der Waals surface area contributed by atoms with Crippen molar-refractivity contribution in [2.24, 2.45) is 5.41 Å². The van der Waals surface area contributed by atoms with Crippen LogP contribution in [-0.2, 0) is 14.3 Å². The fraction of sp³-hybridized carbons (Fsp3) is 0.542. The summed E-state index contributed by atoms with van der Waals surface area (Å²) in [6, 6.07) is 5.64. The van der Waals surface area contributed by atoms with E-state index in [0.717, 1.165) is 24.0 Å². The fourth-order valence-electron chi connectivity index (χ4n) is 4.84. The summed E-state index contributed by atoms with van der Waals surface area (Å²) in [7, 11) is 0. The Labute approximate surface area is 192 Å². The van der Waals surface area contributed by atoms with Crippen LogP contribution >= 0.6 is 0 Å². The number of rotatable bonds is 6. The second kappa shape index (κ2) is 8.46. The lowest BCUT2D eigenvalue weighted by molar-refractivity contribution is -0.131. The molecule has 4 heterocycles. The molecule has 1 aromatic heterocycles. The minimum absolute atomic E-state index is 0.0269. The van der Waals surface area contributed by atoms with Crippen molar-refractivity contribution < 1.29 is 24.2 Å². The van der Waals surface area contributed by atoms with Gasteiger partial charge in [-0.15, -0.1) is 0 Å². The predicted molar refractivity (Wildman–Crippen MR) is 123 cm³/mol. The van der Waals surface area contributed by atoms with Gasteiger partial charge in [-0.2, -0.15) is 5.10 Å². The number of carbonyl (C=O) groups is 2. The molecule has 1 aromatic carbocycles. The summed E-state index contributed by atoms with van der Waals surface area (Å²) in [4.78, 5) is 28.5. The number of aromatic nitrogens is 2. The number of benzene rings is 1. The molecule has 2 amide bonds. The maximum Gasteiger partial charge on any atom is 0.411 e. The summed E-state index contributed by atoms with van der Waals surface area (Å²) in [5.41, 5.74) is 3.04. The third kappa shape index (κ3) is 3.89. The quantitative estimate of drug-likeness (QED) is 0.717. The molecular formula is C24H30N4O5. The molecule has 176 valence electrons. The molecule has 1 N–H and O–H groups in total. The second-order valence-electron chi connectivity index (χ2n) is 9.46. The lowest BCUT2D eigenvalue weighted by Gasteiger charge is -2.43. The highest BCUT2D eigenvalue weighted by atomic mass is 16.5. The fourth-order valence-corrected chi connectivity index (χ4v) is 4.84. The molecule has 9 nitrogen and oxygen atoms in total. The normalized spacial score (nSPS) is 21.8. The summed E-state index contributed by atoms with van der Waals surface area (Å²) < 4.78 is 12.5. The minimum Gasteiger partial charge on any atom is -0.465 e. The van der Waals surface area contributed by atoms with Gasteiger partial charge in [0, 0.05) is 30.1 Å². The van der Waals surface area contributed by atoms with Gasteiger partial charge in [0.2, 0.25) is 5.91 Å². The first-order valence-corrected chi connectivity index (χ1v) is 11.6. The highest BCUT2D eigenvalue weighted by Crippen LogP contribution is 2.41. The van der Waals surface area contributed by atoms with Crippen LogP contribution in [-0.4, -0.2) is 65.9 Å². The van der Waals surface area contributed by atoms with Crippen LogP contribution in [0.2, 0.25) is 0 Å². The van der Waals surface area contributed by atoms with E-state index in [1.165, 1.54) is 4.90 Å². The average molecular weight is 455 g/mol. The zero-order valence-electron chi connectivity index (χ0n) is 19.1. The van der Waals surface area contributed by atoms with Crippen LogP contribution in [0.3, 0.4) is 0 Å². The predicted octanol–water partition coefficient (Wildman–Crippen LogP) is 3.55. The van der Waals surface area contributed by atoms with E-state index in [1.807, 2.05) is 36.0 Å². The number of fused-ring (bicyclic) bond motifs is 1. The number of hydrogen-bond donors (Lipinski definition) is 1. The first-order valence-electron chi connectivity index (χ1n) is 11.6. The van der Waals surface area contributed by atoms with Gasteiger partial charge in [-0.3, -0.25) is 14.4 Å². The number of amides is 2. The number of nitrogens with zero attached hydrogens (tertiary/aromatic N) is 4. The lowest BCUT2D eigenvalue weighted by Crippen LogP contribution is -2.52.